The maximum absolute atomic E-state index is 12.9. The van der Waals surface area contributed by atoms with Gasteiger partial charge in [0.1, 0.15) is 5.75 Å². The van der Waals surface area contributed by atoms with Gasteiger partial charge in [-0.15, -0.1) is 11.3 Å². The SMILES string of the molecule is COc1ccc([N+](=O)[O-])cc1NC(=O)C(C)N1CCC(c2nc3cc(Cl)ccc3s2)CC1. The molecule has 0 saturated carbocycles. The number of carbonyl (C=O) groups excluding carboxylic acids is 1. The lowest BCUT2D eigenvalue weighted by molar-refractivity contribution is -0.384. The maximum Gasteiger partial charge on any atom is 0.271 e. The number of methoxy groups -OCH3 is 1. The molecular formula is C22H23ClN4O4S. The maximum atomic E-state index is 12.9. The van der Waals surface area contributed by atoms with Crippen LogP contribution in [0.15, 0.2) is 36.4 Å². The van der Waals surface area contributed by atoms with Gasteiger partial charge in [-0.1, -0.05) is 11.6 Å². The minimum absolute atomic E-state index is 0.105. The summed E-state index contributed by atoms with van der Waals surface area (Å²) in [6.07, 6.45) is 1.82. The number of thiazole rings is 1. The number of nitrogens with zero attached hydrogens (tertiary/aromatic N) is 3. The zero-order valence-corrected chi connectivity index (χ0v) is 19.3. The van der Waals surface area contributed by atoms with Gasteiger partial charge in [-0.05, 0) is 57.1 Å². The Bertz CT molecular complexity index is 1160. The summed E-state index contributed by atoms with van der Waals surface area (Å²) in [5, 5.41) is 15.7. The number of likely N-dealkylation sites (tertiary alicyclic amines) is 1. The Morgan fingerprint density at radius 3 is 2.75 bits per heavy atom. The van der Waals surface area contributed by atoms with Crippen molar-refractivity contribution in [3.8, 4) is 5.75 Å². The third-order valence-corrected chi connectivity index (χ3v) is 7.26. The van der Waals surface area contributed by atoms with Gasteiger partial charge in [0.2, 0.25) is 5.91 Å². The molecule has 4 rings (SSSR count). The van der Waals surface area contributed by atoms with Gasteiger partial charge >= 0.3 is 0 Å². The number of non-ortho nitro benzene ring substituents is 1. The van der Waals surface area contributed by atoms with E-state index in [0.717, 1.165) is 41.2 Å². The molecule has 0 radical (unpaired) electrons. The van der Waals surface area contributed by atoms with Gasteiger partial charge in [0.25, 0.3) is 5.69 Å². The molecule has 0 bridgehead atoms. The standard InChI is InChI=1S/C22H23ClN4O4S/c1-13(21(28)24-17-12-16(27(29)30)4-5-19(17)31-2)26-9-7-14(8-10-26)22-25-18-11-15(23)3-6-20(18)32-22/h3-6,11-14H,7-10H2,1-2H3,(H,24,28). The van der Waals surface area contributed by atoms with Crippen LogP contribution in [0.2, 0.25) is 5.02 Å². The van der Waals surface area contributed by atoms with Crippen molar-refractivity contribution in [1.82, 2.24) is 9.88 Å². The average molecular weight is 475 g/mol. The van der Waals surface area contributed by atoms with Crippen LogP contribution in [0, 0.1) is 10.1 Å². The van der Waals surface area contributed by atoms with Crippen LogP contribution in [-0.4, -0.2) is 47.0 Å². The van der Waals surface area contributed by atoms with Gasteiger partial charge in [0.15, 0.2) is 0 Å². The molecule has 1 aliphatic heterocycles. The molecule has 1 fully saturated rings. The number of rotatable bonds is 6. The molecule has 1 amide bonds. The summed E-state index contributed by atoms with van der Waals surface area (Å²) in [4.78, 5) is 30.3. The molecule has 1 aromatic heterocycles. The molecule has 168 valence electrons. The zero-order chi connectivity index (χ0) is 22.8. The van der Waals surface area contributed by atoms with E-state index in [2.05, 4.69) is 10.2 Å². The summed E-state index contributed by atoms with van der Waals surface area (Å²) >= 11 is 7.78. The van der Waals surface area contributed by atoms with Crippen LogP contribution in [0.4, 0.5) is 11.4 Å². The number of amides is 1. The van der Waals surface area contributed by atoms with E-state index in [-0.39, 0.29) is 17.6 Å². The van der Waals surface area contributed by atoms with Crippen molar-refractivity contribution in [3.05, 3.63) is 56.5 Å². The van der Waals surface area contributed by atoms with Gasteiger partial charge in [0.05, 0.1) is 39.0 Å². The molecule has 1 atom stereocenters. The van der Waals surface area contributed by atoms with Crippen molar-refractivity contribution >= 4 is 50.4 Å². The Balaban J connectivity index is 1.39. The first-order chi connectivity index (χ1) is 15.4. The number of nitro benzene ring substituents is 1. The van der Waals surface area contributed by atoms with E-state index < -0.39 is 4.92 Å². The Morgan fingerprint density at radius 2 is 2.06 bits per heavy atom. The second-order valence-electron chi connectivity index (χ2n) is 7.78. The number of nitrogens with one attached hydrogen (secondary N) is 1. The molecule has 1 saturated heterocycles. The van der Waals surface area contributed by atoms with Crippen LogP contribution >= 0.6 is 22.9 Å². The van der Waals surface area contributed by atoms with E-state index in [4.69, 9.17) is 21.3 Å². The van der Waals surface area contributed by atoms with Gasteiger partial charge in [0, 0.05) is 23.1 Å². The van der Waals surface area contributed by atoms with Crippen LogP contribution in [0.3, 0.4) is 0 Å². The molecular weight excluding hydrogens is 452 g/mol. The highest BCUT2D eigenvalue weighted by atomic mass is 35.5. The summed E-state index contributed by atoms with van der Waals surface area (Å²) in [5.74, 6) is 0.511. The number of halogens is 1. The normalized spacial score (nSPS) is 16.1. The van der Waals surface area contributed by atoms with E-state index in [1.165, 1.54) is 25.3 Å². The fraction of sp³-hybridized carbons (Fsp3) is 0.364. The van der Waals surface area contributed by atoms with E-state index in [9.17, 15) is 14.9 Å². The predicted molar refractivity (Wildman–Crippen MR) is 126 cm³/mol. The number of hydrogen-bond acceptors (Lipinski definition) is 7. The monoisotopic (exact) mass is 474 g/mol. The van der Waals surface area contributed by atoms with Gasteiger partial charge in [-0.25, -0.2) is 4.98 Å². The lowest BCUT2D eigenvalue weighted by Gasteiger charge is -2.34. The average Bonchev–Trinajstić information content (AvgIpc) is 3.21. The first kappa shape index (κ1) is 22.4. The molecule has 2 aromatic carbocycles. The van der Waals surface area contributed by atoms with Gasteiger partial charge < -0.3 is 10.1 Å². The van der Waals surface area contributed by atoms with E-state index in [1.807, 2.05) is 25.1 Å². The van der Waals surface area contributed by atoms with Crippen molar-refractivity contribution in [2.45, 2.75) is 31.7 Å². The first-order valence-electron chi connectivity index (χ1n) is 10.3. The minimum atomic E-state index is -0.501. The summed E-state index contributed by atoms with van der Waals surface area (Å²) in [5.41, 5.74) is 1.12. The largest absolute Gasteiger partial charge is 0.495 e. The number of piperidine rings is 1. The molecule has 0 spiro atoms. The summed E-state index contributed by atoms with van der Waals surface area (Å²) in [7, 11) is 1.46. The number of benzene rings is 2. The van der Waals surface area contributed by atoms with Crippen LogP contribution in [-0.2, 0) is 4.79 Å². The van der Waals surface area contributed by atoms with Crippen molar-refractivity contribution in [2.24, 2.45) is 0 Å². The number of carbonyl (C=O) groups is 1. The second kappa shape index (κ2) is 9.40. The lowest BCUT2D eigenvalue weighted by atomic mass is 9.96. The highest BCUT2D eigenvalue weighted by molar-refractivity contribution is 7.18. The number of anilines is 1. The molecule has 32 heavy (non-hydrogen) atoms. The molecule has 1 aliphatic rings. The zero-order valence-electron chi connectivity index (χ0n) is 17.7. The fourth-order valence-corrected chi connectivity index (χ4v) is 5.22. The number of nitro groups is 1. The molecule has 1 N–H and O–H groups in total. The van der Waals surface area contributed by atoms with Crippen molar-refractivity contribution < 1.29 is 14.5 Å². The van der Waals surface area contributed by atoms with E-state index in [1.54, 1.807) is 11.3 Å². The topological polar surface area (TPSA) is 97.6 Å². The predicted octanol–water partition coefficient (Wildman–Crippen LogP) is 5.07. The molecule has 3 aromatic rings. The lowest BCUT2D eigenvalue weighted by Crippen LogP contribution is -2.45. The molecule has 0 aliphatic carbocycles. The van der Waals surface area contributed by atoms with E-state index >= 15 is 0 Å². The summed E-state index contributed by atoms with van der Waals surface area (Å²) in [6.45, 7) is 3.38. The van der Waals surface area contributed by atoms with Crippen LogP contribution in [0.25, 0.3) is 10.2 Å². The van der Waals surface area contributed by atoms with Crippen molar-refractivity contribution in [2.75, 3.05) is 25.5 Å². The fourth-order valence-electron chi connectivity index (χ4n) is 3.94. The molecule has 2 heterocycles. The Labute approximate surface area is 194 Å². The Hall–Kier alpha value is -2.75. The second-order valence-corrected chi connectivity index (χ2v) is 9.28. The van der Waals surface area contributed by atoms with Crippen LogP contribution < -0.4 is 10.1 Å². The van der Waals surface area contributed by atoms with Crippen LogP contribution in [0.1, 0.15) is 30.7 Å². The third kappa shape index (κ3) is 4.69. The van der Waals surface area contributed by atoms with Crippen LogP contribution in [0.5, 0.6) is 5.75 Å². The number of aromatic nitrogens is 1. The minimum Gasteiger partial charge on any atom is -0.495 e. The number of hydrogen-bond donors (Lipinski definition) is 1. The smallest absolute Gasteiger partial charge is 0.271 e. The van der Waals surface area contributed by atoms with Crippen molar-refractivity contribution in [3.63, 3.8) is 0 Å². The van der Waals surface area contributed by atoms with Crippen molar-refractivity contribution in [1.29, 1.82) is 0 Å². The van der Waals surface area contributed by atoms with Gasteiger partial charge in [-0.3, -0.25) is 19.8 Å². The Kier molecular flexibility index (Phi) is 6.59. The molecule has 1 unspecified atom stereocenters. The molecule has 10 heteroatoms. The molecule has 8 nitrogen and oxygen atoms in total. The number of ether oxygens (including phenoxy) is 1. The summed E-state index contributed by atoms with van der Waals surface area (Å²) < 4.78 is 6.37. The summed E-state index contributed by atoms with van der Waals surface area (Å²) in [6, 6.07) is 9.53. The Morgan fingerprint density at radius 1 is 1.31 bits per heavy atom. The highest BCUT2D eigenvalue weighted by Gasteiger charge is 2.29. The van der Waals surface area contributed by atoms with E-state index in [0.29, 0.717) is 22.4 Å². The first-order valence-corrected chi connectivity index (χ1v) is 11.5. The number of fused-ring (bicyclic) bond motifs is 1. The van der Waals surface area contributed by atoms with Gasteiger partial charge in [-0.2, -0.15) is 0 Å². The third-order valence-electron chi connectivity index (χ3n) is 5.82. The quantitative estimate of drug-likeness (QED) is 0.395. The highest BCUT2D eigenvalue weighted by Crippen LogP contribution is 2.35.